The fourth-order valence-electron chi connectivity index (χ4n) is 1.38. The van der Waals surface area contributed by atoms with Crippen LogP contribution in [-0.4, -0.2) is 11.6 Å². The first kappa shape index (κ1) is 12.8. The zero-order valence-corrected chi connectivity index (χ0v) is 11.8. The highest BCUT2D eigenvalue weighted by molar-refractivity contribution is 14.1. The van der Waals surface area contributed by atoms with Gasteiger partial charge in [-0.25, -0.2) is 5.43 Å². The molecule has 1 heterocycles. The van der Waals surface area contributed by atoms with Crippen molar-refractivity contribution in [3.05, 3.63) is 57.6 Å². The Morgan fingerprint density at radius 3 is 2.72 bits per heavy atom. The molecule has 0 saturated heterocycles. The van der Waals surface area contributed by atoms with Crippen LogP contribution in [0, 0.1) is 3.57 Å². The number of rotatable bonds is 3. The number of hydrazone groups is 1. The van der Waals surface area contributed by atoms with Gasteiger partial charge in [0.15, 0.2) is 0 Å². The van der Waals surface area contributed by atoms with Gasteiger partial charge in [0.1, 0.15) is 11.5 Å². The largest absolute Gasteiger partial charge is 0.463 e. The van der Waals surface area contributed by atoms with Crippen LogP contribution in [0.2, 0.25) is 0 Å². The van der Waals surface area contributed by atoms with E-state index in [9.17, 15) is 4.79 Å². The van der Waals surface area contributed by atoms with E-state index in [4.69, 9.17) is 4.42 Å². The molecule has 1 amide bonds. The Morgan fingerprint density at radius 2 is 2.06 bits per heavy atom. The van der Waals surface area contributed by atoms with Gasteiger partial charge in [-0.1, -0.05) is 12.1 Å². The summed E-state index contributed by atoms with van der Waals surface area (Å²) in [5.74, 6) is 0.406. The summed E-state index contributed by atoms with van der Waals surface area (Å²) < 4.78 is 6.06. The van der Waals surface area contributed by atoms with Crippen molar-refractivity contribution < 1.29 is 9.21 Å². The van der Waals surface area contributed by atoms with Crippen LogP contribution in [-0.2, 0) is 0 Å². The van der Waals surface area contributed by atoms with Crippen molar-refractivity contribution in [2.24, 2.45) is 5.10 Å². The zero-order valence-electron chi connectivity index (χ0n) is 9.68. The average molecular weight is 354 g/mol. The highest BCUT2D eigenvalue weighted by Gasteiger charge is 2.08. The summed E-state index contributed by atoms with van der Waals surface area (Å²) in [7, 11) is 0. The normalized spacial score (nSPS) is 11.3. The third-order valence-electron chi connectivity index (χ3n) is 2.32. The van der Waals surface area contributed by atoms with Gasteiger partial charge in [-0.05, 0) is 53.8 Å². The number of hydrogen-bond donors (Lipinski definition) is 1. The fourth-order valence-corrected chi connectivity index (χ4v) is 2.01. The smallest absolute Gasteiger partial charge is 0.272 e. The third kappa shape index (κ3) is 2.98. The van der Waals surface area contributed by atoms with Gasteiger partial charge in [0.25, 0.3) is 5.91 Å². The lowest BCUT2D eigenvalue weighted by molar-refractivity contribution is 0.0954. The number of hydrogen-bond acceptors (Lipinski definition) is 3. The maximum Gasteiger partial charge on any atom is 0.272 e. The molecule has 0 fully saturated rings. The number of amides is 1. The number of nitrogens with zero attached hydrogens (tertiary/aromatic N) is 1. The first-order valence-corrected chi connectivity index (χ1v) is 6.39. The van der Waals surface area contributed by atoms with Gasteiger partial charge in [-0.2, -0.15) is 5.10 Å². The topological polar surface area (TPSA) is 54.6 Å². The molecule has 18 heavy (non-hydrogen) atoms. The minimum Gasteiger partial charge on any atom is -0.463 e. The lowest BCUT2D eigenvalue weighted by Crippen LogP contribution is -2.20. The molecule has 0 aliphatic rings. The number of nitrogens with one attached hydrogen (secondary N) is 1. The average Bonchev–Trinajstić information content (AvgIpc) is 2.90. The predicted octanol–water partition coefficient (Wildman–Crippen LogP) is 3.04. The van der Waals surface area contributed by atoms with Crippen molar-refractivity contribution >= 4 is 34.2 Å². The van der Waals surface area contributed by atoms with Gasteiger partial charge < -0.3 is 4.42 Å². The summed E-state index contributed by atoms with van der Waals surface area (Å²) in [6, 6.07) is 10.9. The number of benzene rings is 1. The van der Waals surface area contributed by atoms with Crippen LogP contribution in [0.1, 0.15) is 23.0 Å². The van der Waals surface area contributed by atoms with Crippen LogP contribution in [0.25, 0.3) is 0 Å². The van der Waals surface area contributed by atoms with E-state index in [1.165, 1.54) is 0 Å². The van der Waals surface area contributed by atoms with E-state index in [0.717, 1.165) is 3.57 Å². The standard InChI is InChI=1S/C13H11IN2O2/c1-9(12-7-4-8-18-12)15-16-13(17)10-5-2-3-6-11(10)14/h2-8H,1H3,(H,16,17)/b15-9-. The van der Waals surface area contributed by atoms with E-state index in [1.807, 2.05) is 18.2 Å². The quantitative estimate of drug-likeness (QED) is 0.523. The summed E-state index contributed by atoms with van der Waals surface area (Å²) in [6.45, 7) is 1.77. The molecule has 0 unspecified atom stereocenters. The Kier molecular flexibility index (Phi) is 4.14. The molecule has 0 atom stereocenters. The third-order valence-corrected chi connectivity index (χ3v) is 3.26. The Labute approximate surface area is 118 Å². The minimum absolute atomic E-state index is 0.231. The second-order valence-corrected chi connectivity index (χ2v) is 4.76. The lowest BCUT2D eigenvalue weighted by Gasteiger charge is -2.03. The Morgan fingerprint density at radius 1 is 1.28 bits per heavy atom. The van der Waals surface area contributed by atoms with E-state index in [-0.39, 0.29) is 5.91 Å². The van der Waals surface area contributed by atoms with Crippen LogP contribution < -0.4 is 5.43 Å². The first-order valence-electron chi connectivity index (χ1n) is 5.31. The maximum absolute atomic E-state index is 11.9. The SMILES string of the molecule is C/C(=N/NC(=O)c1ccccc1I)c1ccco1. The summed E-state index contributed by atoms with van der Waals surface area (Å²) in [6.07, 6.45) is 1.57. The molecule has 2 rings (SSSR count). The van der Waals surface area contributed by atoms with Gasteiger partial charge >= 0.3 is 0 Å². The minimum atomic E-state index is -0.231. The molecule has 0 bridgehead atoms. The molecular formula is C13H11IN2O2. The van der Waals surface area contributed by atoms with Gasteiger partial charge in [0.05, 0.1) is 11.8 Å². The van der Waals surface area contributed by atoms with Crippen molar-refractivity contribution in [2.45, 2.75) is 6.92 Å². The molecule has 92 valence electrons. The monoisotopic (exact) mass is 354 g/mol. The second-order valence-electron chi connectivity index (χ2n) is 3.60. The Hall–Kier alpha value is -1.63. The zero-order chi connectivity index (χ0) is 13.0. The molecule has 1 aromatic carbocycles. The second kappa shape index (κ2) is 5.81. The summed E-state index contributed by atoms with van der Waals surface area (Å²) in [4.78, 5) is 11.9. The molecule has 1 N–H and O–H groups in total. The highest BCUT2D eigenvalue weighted by atomic mass is 127. The van der Waals surface area contributed by atoms with Gasteiger partial charge in [-0.15, -0.1) is 0 Å². The molecule has 0 spiro atoms. The van der Waals surface area contributed by atoms with E-state index in [1.54, 1.807) is 31.4 Å². The maximum atomic E-state index is 11.9. The van der Waals surface area contributed by atoms with Crippen LogP contribution in [0.15, 0.2) is 52.2 Å². The molecule has 2 aromatic rings. The molecule has 4 nitrogen and oxygen atoms in total. The number of furan rings is 1. The number of carbonyl (C=O) groups is 1. The van der Waals surface area contributed by atoms with Crippen molar-refractivity contribution in [2.75, 3.05) is 0 Å². The van der Waals surface area contributed by atoms with Crippen molar-refractivity contribution in [1.82, 2.24) is 5.43 Å². The van der Waals surface area contributed by atoms with Crippen molar-refractivity contribution in [3.8, 4) is 0 Å². The van der Waals surface area contributed by atoms with E-state index in [2.05, 4.69) is 33.1 Å². The van der Waals surface area contributed by atoms with E-state index in [0.29, 0.717) is 17.0 Å². The summed E-state index contributed by atoms with van der Waals surface area (Å²) in [5.41, 5.74) is 3.74. The Balaban J connectivity index is 2.09. The highest BCUT2D eigenvalue weighted by Crippen LogP contribution is 2.11. The van der Waals surface area contributed by atoms with Crippen LogP contribution >= 0.6 is 22.6 Å². The first-order chi connectivity index (χ1) is 8.68. The van der Waals surface area contributed by atoms with E-state index >= 15 is 0 Å². The molecule has 0 radical (unpaired) electrons. The molecule has 0 aliphatic heterocycles. The molecule has 5 heteroatoms. The molecule has 0 aliphatic carbocycles. The summed E-state index contributed by atoms with van der Waals surface area (Å²) >= 11 is 2.12. The van der Waals surface area contributed by atoms with E-state index < -0.39 is 0 Å². The van der Waals surface area contributed by atoms with Crippen LogP contribution in [0.5, 0.6) is 0 Å². The fraction of sp³-hybridized carbons (Fsp3) is 0.0769. The molecule has 0 saturated carbocycles. The number of halogens is 1. The van der Waals surface area contributed by atoms with Crippen LogP contribution in [0.3, 0.4) is 0 Å². The van der Waals surface area contributed by atoms with Crippen molar-refractivity contribution in [1.29, 1.82) is 0 Å². The summed E-state index contributed by atoms with van der Waals surface area (Å²) in [5, 5.41) is 4.00. The predicted molar refractivity (Wildman–Crippen MR) is 77.5 cm³/mol. The van der Waals surface area contributed by atoms with Crippen molar-refractivity contribution in [3.63, 3.8) is 0 Å². The number of carbonyl (C=O) groups excluding carboxylic acids is 1. The molecule has 1 aromatic heterocycles. The molecular weight excluding hydrogens is 343 g/mol. The van der Waals surface area contributed by atoms with Gasteiger partial charge in [-0.3, -0.25) is 4.79 Å². The van der Waals surface area contributed by atoms with Crippen LogP contribution in [0.4, 0.5) is 0 Å². The van der Waals surface area contributed by atoms with Gasteiger partial charge in [0, 0.05) is 3.57 Å². The lowest BCUT2D eigenvalue weighted by atomic mass is 10.2. The Bertz CT molecular complexity index is 576. The van der Waals surface area contributed by atoms with Gasteiger partial charge in [0.2, 0.25) is 0 Å².